The fourth-order valence-corrected chi connectivity index (χ4v) is 2.04. The number of nitrogens with one attached hydrogen (secondary N) is 2. The van der Waals surface area contributed by atoms with Gasteiger partial charge in [-0.1, -0.05) is 0 Å². The number of H-pyrrole nitrogens is 1. The van der Waals surface area contributed by atoms with Crippen molar-refractivity contribution >= 4 is 23.0 Å². The lowest BCUT2D eigenvalue weighted by Gasteiger charge is -2.09. The lowest BCUT2D eigenvalue weighted by molar-refractivity contribution is -0.116. The first kappa shape index (κ1) is 13.6. The molecule has 21 heavy (non-hydrogen) atoms. The van der Waals surface area contributed by atoms with Crippen molar-refractivity contribution in [3.63, 3.8) is 0 Å². The lowest BCUT2D eigenvalue weighted by Crippen LogP contribution is -2.22. The smallest absolute Gasteiger partial charge is 0.244 e. The molecule has 2 aromatic rings. The lowest BCUT2D eigenvalue weighted by atomic mass is 10.2. The maximum absolute atomic E-state index is 11.7. The zero-order valence-corrected chi connectivity index (χ0v) is 12.1. The summed E-state index contributed by atoms with van der Waals surface area (Å²) in [6.45, 7) is 3.89. The number of amides is 1. The van der Waals surface area contributed by atoms with E-state index >= 15 is 0 Å². The van der Waals surface area contributed by atoms with Gasteiger partial charge in [-0.25, -0.2) is 9.97 Å². The second-order valence-corrected chi connectivity index (χ2v) is 5.43. The number of aromatic nitrogens is 3. The van der Waals surface area contributed by atoms with Gasteiger partial charge in [0, 0.05) is 23.9 Å². The first-order chi connectivity index (χ1) is 10.1. The van der Waals surface area contributed by atoms with Crippen LogP contribution < -0.4 is 10.1 Å². The molecule has 1 aliphatic rings. The van der Waals surface area contributed by atoms with Gasteiger partial charge in [-0.2, -0.15) is 0 Å². The number of rotatable bonds is 5. The van der Waals surface area contributed by atoms with Crippen molar-refractivity contribution in [1.29, 1.82) is 0 Å². The first-order valence-corrected chi connectivity index (χ1v) is 7.11. The van der Waals surface area contributed by atoms with Crippen LogP contribution in [0.15, 0.2) is 18.6 Å². The molecule has 6 nitrogen and oxygen atoms in total. The summed E-state index contributed by atoms with van der Waals surface area (Å²) in [5.41, 5.74) is 1.54. The zero-order valence-electron chi connectivity index (χ0n) is 12.1. The molecule has 1 fully saturated rings. The summed E-state index contributed by atoms with van der Waals surface area (Å²) >= 11 is 0. The Morgan fingerprint density at radius 2 is 2.29 bits per heavy atom. The fraction of sp³-hybridized carbons (Fsp3) is 0.400. The number of nitrogens with zero attached hydrogens (tertiary/aromatic N) is 2. The highest BCUT2D eigenvalue weighted by Crippen LogP contribution is 2.26. The molecule has 0 saturated heterocycles. The molecule has 3 rings (SSSR count). The molecule has 0 atom stereocenters. The van der Waals surface area contributed by atoms with E-state index in [0.717, 1.165) is 23.8 Å². The highest BCUT2D eigenvalue weighted by molar-refractivity contribution is 5.97. The second kappa shape index (κ2) is 5.55. The third kappa shape index (κ3) is 3.21. The van der Waals surface area contributed by atoms with E-state index in [2.05, 4.69) is 20.3 Å². The molecule has 2 heterocycles. The number of ether oxygens (including phenoxy) is 1. The van der Waals surface area contributed by atoms with Crippen molar-refractivity contribution < 1.29 is 9.53 Å². The van der Waals surface area contributed by atoms with E-state index in [0.29, 0.717) is 17.6 Å². The number of aromatic amines is 1. The van der Waals surface area contributed by atoms with Gasteiger partial charge in [-0.3, -0.25) is 4.79 Å². The van der Waals surface area contributed by atoms with Gasteiger partial charge in [-0.05, 0) is 32.8 Å². The summed E-state index contributed by atoms with van der Waals surface area (Å²) in [5.74, 6) is 0.452. The van der Waals surface area contributed by atoms with E-state index < -0.39 is 0 Å². The molecule has 2 N–H and O–H groups in total. The molecule has 1 saturated carbocycles. The number of hydrogen-bond acceptors (Lipinski definition) is 4. The van der Waals surface area contributed by atoms with Crippen molar-refractivity contribution in [1.82, 2.24) is 20.3 Å². The molecule has 6 heteroatoms. The molecule has 1 amide bonds. The Labute approximate surface area is 122 Å². The Kier molecular flexibility index (Phi) is 3.60. The molecule has 0 aromatic carbocycles. The summed E-state index contributed by atoms with van der Waals surface area (Å²) in [6, 6.07) is 0.355. The van der Waals surface area contributed by atoms with Gasteiger partial charge in [0.2, 0.25) is 11.8 Å². The van der Waals surface area contributed by atoms with Crippen LogP contribution in [0, 0.1) is 0 Å². The summed E-state index contributed by atoms with van der Waals surface area (Å²) in [5, 5.41) is 3.71. The molecule has 0 bridgehead atoms. The SMILES string of the molecule is CC(C)Oc1ncnc2[nH]cc(/C=C/C(=O)NC3CC3)c12. The van der Waals surface area contributed by atoms with Crippen LogP contribution in [-0.2, 0) is 4.79 Å². The summed E-state index contributed by atoms with van der Waals surface area (Å²) in [4.78, 5) is 23.1. The summed E-state index contributed by atoms with van der Waals surface area (Å²) < 4.78 is 5.70. The van der Waals surface area contributed by atoms with E-state index in [1.54, 1.807) is 12.3 Å². The zero-order chi connectivity index (χ0) is 14.8. The van der Waals surface area contributed by atoms with Crippen LogP contribution in [0.3, 0.4) is 0 Å². The fourth-order valence-electron chi connectivity index (χ4n) is 2.04. The average Bonchev–Trinajstić information content (AvgIpc) is 3.14. The number of hydrogen-bond donors (Lipinski definition) is 2. The third-order valence-electron chi connectivity index (χ3n) is 3.15. The highest BCUT2D eigenvalue weighted by Gasteiger charge is 2.22. The van der Waals surface area contributed by atoms with E-state index in [4.69, 9.17) is 4.74 Å². The van der Waals surface area contributed by atoms with Crippen LogP contribution in [0.4, 0.5) is 0 Å². The quantitative estimate of drug-likeness (QED) is 0.824. The summed E-state index contributed by atoms with van der Waals surface area (Å²) in [7, 11) is 0. The Morgan fingerprint density at radius 1 is 1.48 bits per heavy atom. The first-order valence-electron chi connectivity index (χ1n) is 7.11. The van der Waals surface area contributed by atoms with Gasteiger partial charge in [0.1, 0.15) is 12.0 Å². The van der Waals surface area contributed by atoms with Crippen LogP contribution >= 0.6 is 0 Å². The minimum absolute atomic E-state index is 0.0213. The van der Waals surface area contributed by atoms with Crippen LogP contribution in [-0.4, -0.2) is 33.0 Å². The maximum atomic E-state index is 11.7. The van der Waals surface area contributed by atoms with Crippen molar-refractivity contribution in [3.8, 4) is 5.88 Å². The molecule has 0 radical (unpaired) electrons. The van der Waals surface area contributed by atoms with Gasteiger partial charge < -0.3 is 15.0 Å². The van der Waals surface area contributed by atoms with E-state index in [9.17, 15) is 4.79 Å². The van der Waals surface area contributed by atoms with E-state index in [1.807, 2.05) is 13.8 Å². The topological polar surface area (TPSA) is 79.9 Å². The Balaban J connectivity index is 1.87. The minimum Gasteiger partial charge on any atom is -0.474 e. The van der Waals surface area contributed by atoms with Gasteiger partial charge in [0.15, 0.2) is 0 Å². The van der Waals surface area contributed by atoms with Gasteiger partial charge in [0.25, 0.3) is 0 Å². The van der Waals surface area contributed by atoms with Gasteiger partial charge in [-0.15, -0.1) is 0 Å². The molecule has 0 unspecified atom stereocenters. The molecule has 0 spiro atoms. The van der Waals surface area contributed by atoms with Gasteiger partial charge >= 0.3 is 0 Å². The summed E-state index contributed by atoms with van der Waals surface area (Å²) in [6.07, 6.45) is 8.73. The monoisotopic (exact) mass is 286 g/mol. The minimum atomic E-state index is -0.0740. The Morgan fingerprint density at radius 3 is 3.00 bits per heavy atom. The predicted molar refractivity (Wildman–Crippen MR) is 79.9 cm³/mol. The number of fused-ring (bicyclic) bond motifs is 1. The third-order valence-corrected chi connectivity index (χ3v) is 3.15. The molecule has 0 aliphatic heterocycles. The van der Waals surface area contributed by atoms with Crippen molar-refractivity contribution in [2.24, 2.45) is 0 Å². The highest BCUT2D eigenvalue weighted by atomic mass is 16.5. The normalized spacial score (nSPS) is 15.0. The largest absolute Gasteiger partial charge is 0.474 e. The Bertz CT molecular complexity index is 686. The number of carbonyl (C=O) groups excluding carboxylic acids is 1. The molecule has 1 aliphatic carbocycles. The van der Waals surface area contributed by atoms with Gasteiger partial charge in [0.05, 0.1) is 11.5 Å². The molecular formula is C15H18N4O2. The second-order valence-electron chi connectivity index (χ2n) is 5.43. The average molecular weight is 286 g/mol. The maximum Gasteiger partial charge on any atom is 0.244 e. The van der Waals surface area contributed by atoms with E-state index in [1.165, 1.54) is 12.4 Å². The van der Waals surface area contributed by atoms with E-state index in [-0.39, 0.29) is 12.0 Å². The van der Waals surface area contributed by atoms with Crippen molar-refractivity contribution in [2.75, 3.05) is 0 Å². The molecule has 110 valence electrons. The number of carbonyl (C=O) groups is 1. The van der Waals surface area contributed by atoms with Crippen LogP contribution in [0.5, 0.6) is 5.88 Å². The molecular weight excluding hydrogens is 268 g/mol. The standard InChI is InChI=1S/C15H18N4O2/c1-9(2)21-15-13-10(7-16-14(13)17-8-18-15)3-6-12(20)19-11-4-5-11/h3,6-9,11H,4-5H2,1-2H3,(H,19,20)(H,16,17,18)/b6-3+. The molecule has 2 aromatic heterocycles. The van der Waals surface area contributed by atoms with Crippen molar-refractivity contribution in [3.05, 3.63) is 24.2 Å². The predicted octanol–water partition coefficient (Wildman–Crippen LogP) is 2.04. The van der Waals surface area contributed by atoms with Crippen LogP contribution in [0.2, 0.25) is 0 Å². The van der Waals surface area contributed by atoms with Crippen LogP contribution in [0.25, 0.3) is 17.1 Å². The van der Waals surface area contributed by atoms with Crippen molar-refractivity contribution in [2.45, 2.75) is 38.8 Å². The Hall–Kier alpha value is -2.37. The van der Waals surface area contributed by atoms with Crippen LogP contribution in [0.1, 0.15) is 32.3 Å².